The predicted octanol–water partition coefficient (Wildman–Crippen LogP) is 0.740. The van der Waals surface area contributed by atoms with Crippen LogP contribution in [-0.2, 0) is 9.53 Å². The van der Waals surface area contributed by atoms with E-state index in [4.69, 9.17) is 18.6 Å². The highest BCUT2D eigenvalue weighted by atomic mass is 16.7. The highest BCUT2D eigenvalue weighted by molar-refractivity contribution is 5.95. The molecule has 10 heteroatoms. The van der Waals surface area contributed by atoms with Gasteiger partial charge in [0.05, 0.1) is 7.11 Å². The fourth-order valence-electron chi connectivity index (χ4n) is 3.55. The Balaban J connectivity index is 1.79. The average molecular weight is 444 g/mol. The number of aliphatic hydroxyl groups excluding tert-OH is 3. The number of carbonyl (C=O) groups is 1. The molecule has 4 N–H and O–H groups in total. The van der Waals surface area contributed by atoms with E-state index in [1.165, 1.54) is 25.3 Å². The second-order valence-corrected chi connectivity index (χ2v) is 7.20. The Morgan fingerprint density at radius 2 is 1.69 bits per heavy atom. The van der Waals surface area contributed by atoms with Crippen molar-refractivity contribution in [2.75, 3.05) is 7.11 Å². The Kier molecular flexibility index (Phi) is 5.85. The zero-order valence-electron chi connectivity index (χ0n) is 16.7. The van der Waals surface area contributed by atoms with Crippen molar-refractivity contribution in [2.45, 2.75) is 30.7 Å². The lowest BCUT2D eigenvalue weighted by molar-refractivity contribution is -0.271. The summed E-state index contributed by atoms with van der Waals surface area (Å²) in [7, 11) is 1.34. The van der Waals surface area contributed by atoms with Crippen LogP contribution < -0.4 is 15.1 Å². The molecule has 5 atom stereocenters. The Labute approximate surface area is 180 Å². The molecule has 0 radical (unpaired) electrons. The number of methoxy groups -OCH3 is 1. The number of aliphatic hydroxyl groups is 3. The summed E-state index contributed by atoms with van der Waals surface area (Å²) in [5.41, 5.74) is 0.928. The third-order valence-electron chi connectivity index (χ3n) is 5.17. The molecule has 2 aromatic carbocycles. The Morgan fingerprint density at radius 1 is 0.969 bits per heavy atom. The van der Waals surface area contributed by atoms with Gasteiger partial charge >= 0.3 is 11.6 Å². The summed E-state index contributed by atoms with van der Waals surface area (Å²) in [4.78, 5) is 23.4. The quantitative estimate of drug-likeness (QED) is 0.414. The first-order valence-electron chi connectivity index (χ1n) is 9.60. The van der Waals surface area contributed by atoms with Gasteiger partial charge in [-0.25, -0.2) is 9.59 Å². The van der Waals surface area contributed by atoms with E-state index in [-0.39, 0.29) is 17.1 Å². The zero-order chi connectivity index (χ0) is 23.0. The van der Waals surface area contributed by atoms with Crippen LogP contribution in [0.4, 0.5) is 0 Å². The summed E-state index contributed by atoms with van der Waals surface area (Å²) in [5, 5.41) is 39.9. The van der Waals surface area contributed by atoms with Gasteiger partial charge in [0.2, 0.25) is 6.29 Å². The molecule has 1 aliphatic rings. The number of ether oxygens (including phenoxy) is 3. The van der Waals surface area contributed by atoms with Gasteiger partial charge in [0.1, 0.15) is 23.9 Å². The standard InChI is InChI=1S/C22H20O10/c1-29-14-9-13-12(11(8-16(23)30-13)10-5-3-2-4-6-10)7-15(14)31-22-19(26)17(24)18(25)20(32-22)21(27)28/h2-9,17-20,22,24-26H,1H3,(H,27,28)/t17-,18-,19+,20-,22+/m0/s1. The monoisotopic (exact) mass is 444 g/mol. The van der Waals surface area contributed by atoms with Gasteiger partial charge in [0.15, 0.2) is 17.6 Å². The molecule has 1 aliphatic heterocycles. The lowest BCUT2D eigenvalue weighted by Crippen LogP contribution is -2.61. The summed E-state index contributed by atoms with van der Waals surface area (Å²) in [6, 6.07) is 13.3. The van der Waals surface area contributed by atoms with Gasteiger partial charge in [-0.05, 0) is 17.2 Å². The van der Waals surface area contributed by atoms with Crippen LogP contribution in [0.15, 0.2) is 57.7 Å². The zero-order valence-corrected chi connectivity index (χ0v) is 16.7. The lowest BCUT2D eigenvalue weighted by atomic mass is 9.99. The molecular formula is C22H20O10. The number of benzene rings is 2. The van der Waals surface area contributed by atoms with E-state index in [1.54, 1.807) is 0 Å². The Bertz CT molecular complexity index is 1190. The number of fused-ring (bicyclic) bond motifs is 1. The summed E-state index contributed by atoms with van der Waals surface area (Å²) in [6.07, 6.45) is -8.86. The van der Waals surface area contributed by atoms with Gasteiger partial charge in [-0.2, -0.15) is 0 Å². The minimum Gasteiger partial charge on any atom is -0.493 e. The maximum Gasteiger partial charge on any atom is 0.336 e. The first kappa shape index (κ1) is 21.8. The van der Waals surface area contributed by atoms with Crippen molar-refractivity contribution in [3.63, 3.8) is 0 Å². The smallest absolute Gasteiger partial charge is 0.336 e. The van der Waals surface area contributed by atoms with Crippen LogP contribution in [-0.4, -0.2) is 64.2 Å². The van der Waals surface area contributed by atoms with E-state index in [0.29, 0.717) is 10.9 Å². The molecule has 0 spiro atoms. The maximum atomic E-state index is 12.1. The van der Waals surface area contributed by atoms with Gasteiger partial charge in [0.25, 0.3) is 0 Å². The molecule has 4 rings (SSSR count). The van der Waals surface area contributed by atoms with Crippen LogP contribution in [0.25, 0.3) is 22.1 Å². The summed E-state index contributed by atoms with van der Waals surface area (Å²) in [6.45, 7) is 0. The largest absolute Gasteiger partial charge is 0.493 e. The average Bonchev–Trinajstić information content (AvgIpc) is 2.78. The van der Waals surface area contributed by atoms with Gasteiger partial charge in [0, 0.05) is 17.5 Å². The Morgan fingerprint density at radius 3 is 2.34 bits per heavy atom. The van der Waals surface area contributed by atoms with Crippen molar-refractivity contribution < 1.29 is 43.8 Å². The SMILES string of the molecule is COc1cc2oc(=O)cc(-c3ccccc3)c2cc1O[C@@H]1O[C@H](C(=O)O)[C@@H](O)[C@H](O)[C@H]1O. The normalized spacial score (nSPS) is 25.4. The molecule has 1 fully saturated rings. The third kappa shape index (κ3) is 3.92. The van der Waals surface area contributed by atoms with E-state index >= 15 is 0 Å². The molecule has 1 aromatic heterocycles. The first-order valence-corrected chi connectivity index (χ1v) is 9.60. The van der Waals surface area contributed by atoms with Crippen LogP contribution in [0.2, 0.25) is 0 Å². The fourth-order valence-corrected chi connectivity index (χ4v) is 3.55. The van der Waals surface area contributed by atoms with Crippen molar-refractivity contribution >= 4 is 16.9 Å². The van der Waals surface area contributed by atoms with E-state index in [1.807, 2.05) is 30.3 Å². The molecule has 10 nitrogen and oxygen atoms in total. The third-order valence-corrected chi connectivity index (χ3v) is 5.17. The molecule has 2 heterocycles. The minimum atomic E-state index is -1.85. The molecule has 1 saturated heterocycles. The first-order chi connectivity index (χ1) is 15.3. The molecule has 0 aliphatic carbocycles. The molecule has 0 saturated carbocycles. The number of hydrogen-bond acceptors (Lipinski definition) is 9. The number of hydrogen-bond donors (Lipinski definition) is 4. The molecule has 168 valence electrons. The number of aliphatic carboxylic acids is 1. The number of carboxylic acid groups (broad SMARTS) is 1. The minimum absolute atomic E-state index is 0.0304. The fraction of sp³-hybridized carbons (Fsp3) is 0.273. The molecule has 0 unspecified atom stereocenters. The van der Waals surface area contributed by atoms with Crippen molar-refractivity contribution in [1.82, 2.24) is 0 Å². The Hall–Kier alpha value is -3.44. The van der Waals surface area contributed by atoms with Crippen molar-refractivity contribution in [3.8, 4) is 22.6 Å². The van der Waals surface area contributed by atoms with E-state index < -0.39 is 42.3 Å². The molecule has 0 amide bonds. The molecular weight excluding hydrogens is 424 g/mol. The molecule has 0 bridgehead atoms. The topological polar surface area (TPSA) is 156 Å². The van der Waals surface area contributed by atoms with E-state index in [9.17, 15) is 30.0 Å². The van der Waals surface area contributed by atoms with Gasteiger partial charge in [-0.3, -0.25) is 0 Å². The van der Waals surface area contributed by atoms with Crippen LogP contribution in [0.1, 0.15) is 0 Å². The number of rotatable bonds is 5. The predicted molar refractivity (Wildman–Crippen MR) is 109 cm³/mol. The summed E-state index contributed by atoms with van der Waals surface area (Å²) >= 11 is 0. The number of carboxylic acids is 1. The van der Waals surface area contributed by atoms with Crippen molar-refractivity contribution in [3.05, 3.63) is 59.0 Å². The highest BCUT2D eigenvalue weighted by Crippen LogP contribution is 2.38. The van der Waals surface area contributed by atoms with Gasteiger partial charge < -0.3 is 39.1 Å². The van der Waals surface area contributed by atoms with Crippen LogP contribution in [0.3, 0.4) is 0 Å². The van der Waals surface area contributed by atoms with Crippen molar-refractivity contribution in [2.24, 2.45) is 0 Å². The van der Waals surface area contributed by atoms with Gasteiger partial charge in [-0.1, -0.05) is 30.3 Å². The van der Waals surface area contributed by atoms with E-state index in [0.717, 1.165) is 5.56 Å². The van der Waals surface area contributed by atoms with Crippen LogP contribution >= 0.6 is 0 Å². The molecule has 32 heavy (non-hydrogen) atoms. The second kappa shape index (κ2) is 8.60. The van der Waals surface area contributed by atoms with Gasteiger partial charge in [-0.15, -0.1) is 0 Å². The lowest BCUT2D eigenvalue weighted by Gasteiger charge is -2.38. The molecule has 3 aromatic rings. The second-order valence-electron chi connectivity index (χ2n) is 7.20. The van der Waals surface area contributed by atoms with Crippen LogP contribution in [0, 0.1) is 0 Å². The van der Waals surface area contributed by atoms with E-state index in [2.05, 4.69) is 0 Å². The van der Waals surface area contributed by atoms with Crippen LogP contribution in [0.5, 0.6) is 11.5 Å². The van der Waals surface area contributed by atoms with Crippen molar-refractivity contribution in [1.29, 1.82) is 0 Å². The summed E-state index contributed by atoms with van der Waals surface area (Å²) in [5.74, 6) is -1.40. The highest BCUT2D eigenvalue weighted by Gasteiger charge is 2.48. The maximum absolute atomic E-state index is 12.1. The summed E-state index contributed by atoms with van der Waals surface area (Å²) < 4.78 is 21.4.